The normalized spacial score (nSPS) is 12.5. The summed E-state index contributed by atoms with van der Waals surface area (Å²) in [6, 6.07) is 28.4. The molecule has 0 spiro atoms. The SMILES string of the molecule is CC[C@@H](C)NC(=O)[C@@H](Cc1ccccc1)N(Cc1cccc(OC)c1)C(=O)CN(c1cccc(Cl)c1)S(=O)(=O)c1ccc(C)cc1. The molecule has 2 atom stereocenters. The molecule has 0 heterocycles. The second-order valence-corrected chi connectivity index (χ2v) is 13.5. The van der Waals surface area contributed by atoms with Crippen LogP contribution in [0.1, 0.15) is 37.0 Å². The monoisotopic (exact) mass is 661 g/mol. The second kappa shape index (κ2) is 15.8. The maximum Gasteiger partial charge on any atom is 0.264 e. The van der Waals surface area contributed by atoms with Crippen LogP contribution < -0.4 is 14.4 Å². The van der Waals surface area contributed by atoms with Crippen molar-refractivity contribution in [2.45, 2.75) is 57.1 Å². The molecule has 4 aromatic rings. The number of carbonyl (C=O) groups is 2. The van der Waals surface area contributed by atoms with Crippen molar-refractivity contribution in [2.75, 3.05) is 18.0 Å². The van der Waals surface area contributed by atoms with Gasteiger partial charge in [-0.25, -0.2) is 8.42 Å². The number of nitrogens with one attached hydrogen (secondary N) is 1. The third-order valence-electron chi connectivity index (χ3n) is 7.74. The Bertz CT molecular complexity index is 1730. The Morgan fingerprint density at radius 1 is 0.891 bits per heavy atom. The maximum atomic E-state index is 14.6. The van der Waals surface area contributed by atoms with Gasteiger partial charge in [-0.05, 0) is 73.9 Å². The predicted octanol–water partition coefficient (Wildman–Crippen LogP) is 6.41. The van der Waals surface area contributed by atoms with Crippen molar-refractivity contribution in [2.24, 2.45) is 0 Å². The van der Waals surface area contributed by atoms with Crippen molar-refractivity contribution in [1.82, 2.24) is 10.2 Å². The quantitative estimate of drug-likeness (QED) is 0.169. The number of hydrogen-bond acceptors (Lipinski definition) is 5. The molecule has 2 amide bonds. The fourth-order valence-corrected chi connectivity index (χ4v) is 6.55. The molecule has 0 aliphatic rings. The van der Waals surface area contributed by atoms with Gasteiger partial charge in [-0.2, -0.15) is 0 Å². The molecule has 0 bridgehead atoms. The largest absolute Gasteiger partial charge is 0.497 e. The summed E-state index contributed by atoms with van der Waals surface area (Å²) in [4.78, 5) is 30.0. The van der Waals surface area contributed by atoms with Gasteiger partial charge >= 0.3 is 0 Å². The number of amides is 2. The highest BCUT2D eigenvalue weighted by Gasteiger charge is 2.35. The lowest BCUT2D eigenvalue weighted by Crippen LogP contribution is -2.54. The topological polar surface area (TPSA) is 96.0 Å². The molecule has 10 heteroatoms. The molecule has 0 aliphatic carbocycles. The number of sulfonamides is 1. The molecule has 242 valence electrons. The summed E-state index contributed by atoms with van der Waals surface area (Å²) in [6.45, 7) is 5.20. The van der Waals surface area contributed by atoms with E-state index in [0.29, 0.717) is 17.2 Å². The smallest absolute Gasteiger partial charge is 0.264 e. The van der Waals surface area contributed by atoms with Gasteiger partial charge in [0.05, 0.1) is 17.7 Å². The number of aryl methyl sites for hydroxylation is 1. The molecule has 0 radical (unpaired) electrons. The van der Waals surface area contributed by atoms with Gasteiger partial charge in [0.1, 0.15) is 18.3 Å². The van der Waals surface area contributed by atoms with Crippen LogP contribution in [0.15, 0.2) is 108 Å². The standard InChI is InChI=1S/C36H40ClN3O5S/c1-5-27(3)38-36(42)34(22-28-11-7-6-8-12-28)39(24-29-13-9-16-32(21-29)45-4)35(41)25-40(31-15-10-14-30(37)23-31)46(43,44)33-19-17-26(2)18-20-33/h6-21,23,27,34H,5,22,24-25H2,1-4H3,(H,38,42)/t27-,34-/m1/s1. The van der Waals surface area contributed by atoms with Crippen LogP contribution >= 0.6 is 11.6 Å². The Kier molecular flexibility index (Phi) is 11.8. The number of rotatable bonds is 14. The Balaban J connectivity index is 1.82. The lowest BCUT2D eigenvalue weighted by atomic mass is 10.0. The molecular formula is C36H40ClN3O5S. The molecular weight excluding hydrogens is 622 g/mol. The molecule has 1 N–H and O–H groups in total. The summed E-state index contributed by atoms with van der Waals surface area (Å²) in [5.74, 6) is -0.292. The summed E-state index contributed by atoms with van der Waals surface area (Å²) >= 11 is 6.30. The zero-order valence-electron chi connectivity index (χ0n) is 26.5. The van der Waals surface area contributed by atoms with E-state index < -0.39 is 28.5 Å². The van der Waals surface area contributed by atoms with E-state index >= 15 is 0 Å². The molecule has 0 aliphatic heterocycles. The van der Waals surface area contributed by atoms with E-state index in [-0.39, 0.29) is 35.5 Å². The molecule has 46 heavy (non-hydrogen) atoms. The molecule has 0 saturated carbocycles. The zero-order chi connectivity index (χ0) is 33.3. The average molecular weight is 662 g/mol. The highest BCUT2D eigenvalue weighted by atomic mass is 35.5. The molecule has 8 nitrogen and oxygen atoms in total. The fourth-order valence-electron chi connectivity index (χ4n) is 4.96. The summed E-state index contributed by atoms with van der Waals surface area (Å²) in [7, 11) is -2.67. The molecule has 0 saturated heterocycles. The van der Waals surface area contributed by atoms with Gasteiger partial charge in [0.15, 0.2) is 0 Å². The van der Waals surface area contributed by atoms with E-state index in [9.17, 15) is 18.0 Å². The Morgan fingerprint density at radius 2 is 1.57 bits per heavy atom. The van der Waals surface area contributed by atoms with Gasteiger partial charge in [0.25, 0.3) is 10.0 Å². The van der Waals surface area contributed by atoms with E-state index in [4.69, 9.17) is 16.3 Å². The van der Waals surface area contributed by atoms with Crippen LogP contribution in [0.5, 0.6) is 5.75 Å². The molecule has 0 unspecified atom stereocenters. The van der Waals surface area contributed by atoms with Crippen LogP contribution in [0, 0.1) is 6.92 Å². The minimum atomic E-state index is -4.22. The predicted molar refractivity (Wildman–Crippen MR) is 183 cm³/mol. The highest BCUT2D eigenvalue weighted by molar-refractivity contribution is 7.92. The van der Waals surface area contributed by atoms with E-state index in [1.165, 1.54) is 23.1 Å². The first-order valence-electron chi connectivity index (χ1n) is 15.1. The van der Waals surface area contributed by atoms with E-state index in [1.807, 2.05) is 63.2 Å². The van der Waals surface area contributed by atoms with E-state index in [2.05, 4.69) is 5.32 Å². The summed E-state index contributed by atoms with van der Waals surface area (Å²) in [6.07, 6.45) is 0.922. The summed E-state index contributed by atoms with van der Waals surface area (Å²) in [5, 5.41) is 3.36. The second-order valence-electron chi connectivity index (χ2n) is 11.2. The first kappa shape index (κ1) is 34.5. The summed E-state index contributed by atoms with van der Waals surface area (Å²) < 4.78 is 34.8. The van der Waals surface area contributed by atoms with Crippen LogP contribution in [0.25, 0.3) is 0 Å². The Morgan fingerprint density at radius 3 is 2.22 bits per heavy atom. The fraction of sp³-hybridized carbons (Fsp3) is 0.278. The van der Waals surface area contributed by atoms with Gasteiger partial charge < -0.3 is 15.0 Å². The van der Waals surface area contributed by atoms with Crippen molar-refractivity contribution >= 4 is 39.1 Å². The van der Waals surface area contributed by atoms with Crippen molar-refractivity contribution < 1.29 is 22.7 Å². The lowest BCUT2D eigenvalue weighted by Gasteiger charge is -2.34. The van der Waals surface area contributed by atoms with Crippen molar-refractivity contribution in [3.05, 3.63) is 125 Å². The molecule has 4 rings (SSSR count). The number of ether oxygens (including phenoxy) is 1. The molecule has 4 aromatic carbocycles. The third-order valence-corrected chi connectivity index (χ3v) is 9.77. The molecule has 0 fully saturated rings. The van der Waals surface area contributed by atoms with Crippen LogP contribution in [0.2, 0.25) is 5.02 Å². The van der Waals surface area contributed by atoms with E-state index in [0.717, 1.165) is 21.0 Å². The van der Waals surface area contributed by atoms with Crippen molar-refractivity contribution in [1.29, 1.82) is 0 Å². The van der Waals surface area contributed by atoms with Gasteiger partial charge in [-0.3, -0.25) is 13.9 Å². The first-order valence-corrected chi connectivity index (χ1v) is 16.9. The average Bonchev–Trinajstić information content (AvgIpc) is 3.05. The number of benzene rings is 4. The minimum absolute atomic E-state index is 0.0283. The number of hydrogen-bond donors (Lipinski definition) is 1. The highest BCUT2D eigenvalue weighted by Crippen LogP contribution is 2.28. The van der Waals surface area contributed by atoms with Crippen LogP contribution in [-0.4, -0.2) is 50.9 Å². The van der Waals surface area contributed by atoms with Gasteiger partial charge in [-0.15, -0.1) is 0 Å². The van der Waals surface area contributed by atoms with Crippen LogP contribution in [0.4, 0.5) is 5.69 Å². The van der Waals surface area contributed by atoms with E-state index in [1.54, 1.807) is 49.6 Å². The number of carbonyl (C=O) groups excluding carboxylic acids is 2. The maximum absolute atomic E-state index is 14.6. The number of nitrogens with zero attached hydrogens (tertiary/aromatic N) is 2. The van der Waals surface area contributed by atoms with Crippen LogP contribution in [0.3, 0.4) is 0 Å². The lowest BCUT2D eigenvalue weighted by molar-refractivity contribution is -0.140. The summed E-state index contributed by atoms with van der Waals surface area (Å²) in [5.41, 5.74) is 2.70. The molecule has 0 aromatic heterocycles. The Hall–Kier alpha value is -4.34. The van der Waals surface area contributed by atoms with Gasteiger partial charge in [0, 0.05) is 24.0 Å². The number of halogens is 1. The minimum Gasteiger partial charge on any atom is -0.497 e. The van der Waals surface area contributed by atoms with Crippen molar-refractivity contribution in [3.63, 3.8) is 0 Å². The van der Waals surface area contributed by atoms with Crippen molar-refractivity contribution in [3.8, 4) is 5.75 Å². The third kappa shape index (κ3) is 8.89. The van der Waals surface area contributed by atoms with Gasteiger partial charge in [-0.1, -0.05) is 84.8 Å². The van der Waals surface area contributed by atoms with Crippen LogP contribution in [-0.2, 0) is 32.6 Å². The Labute approximate surface area is 277 Å². The number of methoxy groups -OCH3 is 1. The number of anilines is 1. The first-order chi connectivity index (χ1) is 22.0. The zero-order valence-corrected chi connectivity index (χ0v) is 28.1. The van der Waals surface area contributed by atoms with Gasteiger partial charge in [0.2, 0.25) is 11.8 Å².